The van der Waals surface area contributed by atoms with E-state index in [4.69, 9.17) is 11.0 Å². The second-order valence-electron chi connectivity index (χ2n) is 4.59. The first-order chi connectivity index (χ1) is 9.51. The van der Waals surface area contributed by atoms with Crippen LogP contribution in [0.3, 0.4) is 0 Å². The molecule has 1 heterocycles. The molecule has 0 aliphatic heterocycles. The van der Waals surface area contributed by atoms with Gasteiger partial charge in [-0.1, -0.05) is 19.9 Å². The number of nitrogens with zero attached hydrogens (tertiary/aromatic N) is 3. The molecule has 1 aromatic heterocycles. The highest BCUT2D eigenvalue weighted by Gasteiger charge is 2.11. The number of aromatic nitrogens is 2. The lowest BCUT2D eigenvalue weighted by Crippen LogP contribution is -2.05. The molecule has 0 spiro atoms. The molecule has 102 valence electrons. The highest BCUT2D eigenvalue weighted by molar-refractivity contribution is 5.65. The van der Waals surface area contributed by atoms with Gasteiger partial charge in [-0.3, -0.25) is 0 Å². The molecule has 20 heavy (non-hydrogen) atoms. The molecule has 6 heteroatoms. The van der Waals surface area contributed by atoms with E-state index in [1.807, 2.05) is 19.9 Å². The third-order valence-corrected chi connectivity index (χ3v) is 2.67. The Morgan fingerprint density at radius 2 is 2.10 bits per heavy atom. The monoisotopic (exact) mass is 271 g/mol. The summed E-state index contributed by atoms with van der Waals surface area (Å²) in [5.41, 5.74) is 6.01. The van der Waals surface area contributed by atoms with Crippen molar-refractivity contribution in [3.63, 3.8) is 0 Å². The smallest absolute Gasteiger partial charge is 0.143 e. The van der Waals surface area contributed by atoms with Gasteiger partial charge in [-0.2, -0.15) is 5.26 Å². The second-order valence-corrected chi connectivity index (χ2v) is 4.59. The van der Waals surface area contributed by atoms with E-state index in [1.165, 1.54) is 18.2 Å². The number of rotatable bonds is 3. The summed E-state index contributed by atoms with van der Waals surface area (Å²) >= 11 is 0. The molecular weight excluding hydrogens is 257 g/mol. The zero-order valence-corrected chi connectivity index (χ0v) is 11.2. The van der Waals surface area contributed by atoms with Crippen molar-refractivity contribution < 1.29 is 4.39 Å². The average Bonchev–Trinajstić information content (AvgIpc) is 2.38. The van der Waals surface area contributed by atoms with Crippen LogP contribution in [-0.2, 0) is 0 Å². The summed E-state index contributed by atoms with van der Waals surface area (Å²) in [6.07, 6.45) is 0. The molecule has 5 nitrogen and oxygen atoms in total. The predicted molar refractivity (Wildman–Crippen MR) is 74.9 cm³/mol. The van der Waals surface area contributed by atoms with Gasteiger partial charge in [0.15, 0.2) is 0 Å². The Morgan fingerprint density at radius 1 is 1.35 bits per heavy atom. The first-order valence-electron chi connectivity index (χ1n) is 6.11. The van der Waals surface area contributed by atoms with E-state index in [2.05, 4.69) is 15.3 Å². The number of nitrogens with one attached hydrogen (secondary N) is 1. The van der Waals surface area contributed by atoms with E-state index in [1.54, 1.807) is 6.07 Å². The minimum absolute atomic E-state index is 0.0595. The topological polar surface area (TPSA) is 87.6 Å². The normalized spacial score (nSPS) is 10.3. The van der Waals surface area contributed by atoms with Crippen molar-refractivity contribution in [3.8, 4) is 6.07 Å². The molecule has 0 fully saturated rings. The largest absolute Gasteiger partial charge is 0.384 e. The van der Waals surface area contributed by atoms with Crippen molar-refractivity contribution >= 4 is 17.3 Å². The summed E-state index contributed by atoms with van der Waals surface area (Å²) in [5.74, 6) is 0.873. The van der Waals surface area contributed by atoms with Crippen LogP contribution in [0.4, 0.5) is 21.7 Å². The van der Waals surface area contributed by atoms with Crippen LogP contribution in [0.2, 0.25) is 0 Å². The number of nitriles is 1. The molecule has 0 saturated heterocycles. The molecule has 0 unspecified atom stereocenters. The van der Waals surface area contributed by atoms with Gasteiger partial charge >= 0.3 is 0 Å². The lowest BCUT2D eigenvalue weighted by Gasteiger charge is -2.11. The molecule has 0 aliphatic rings. The number of nitrogen functional groups attached to an aromatic ring is 1. The molecule has 0 radical (unpaired) electrons. The lowest BCUT2D eigenvalue weighted by atomic mass is 10.2. The predicted octanol–water partition coefficient (Wildman–Crippen LogP) is 2.94. The molecule has 2 rings (SSSR count). The number of benzene rings is 1. The molecule has 0 bridgehead atoms. The molecule has 0 amide bonds. The highest BCUT2D eigenvalue weighted by atomic mass is 19.1. The third kappa shape index (κ3) is 2.83. The van der Waals surface area contributed by atoms with E-state index in [9.17, 15) is 4.39 Å². The number of halogens is 1. The van der Waals surface area contributed by atoms with E-state index in [0.29, 0.717) is 23.1 Å². The van der Waals surface area contributed by atoms with Gasteiger partial charge in [-0.05, 0) is 12.1 Å². The van der Waals surface area contributed by atoms with Crippen molar-refractivity contribution in [2.45, 2.75) is 19.8 Å². The number of nitrogens with two attached hydrogens (primary N) is 1. The van der Waals surface area contributed by atoms with Gasteiger partial charge in [0, 0.05) is 12.0 Å². The van der Waals surface area contributed by atoms with Gasteiger partial charge in [0.05, 0.1) is 5.69 Å². The zero-order chi connectivity index (χ0) is 14.7. The van der Waals surface area contributed by atoms with Crippen molar-refractivity contribution in [2.75, 3.05) is 11.1 Å². The lowest BCUT2D eigenvalue weighted by molar-refractivity contribution is 0.624. The van der Waals surface area contributed by atoms with Crippen molar-refractivity contribution in [2.24, 2.45) is 0 Å². The van der Waals surface area contributed by atoms with Crippen molar-refractivity contribution in [1.29, 1.82) is 5.26 Å². The second kappa shape index (κ2) is 5.53. The van der Waals surface area contributed by atoms with Crippen LogP contribution in [0.5, 0.6) is 0 Å². The van der Waals surface area contributed by atoms with E-state index >= 15 is 0 Å². The standard InChI is InChI=1S/C14H14FN5/c1-8(2)14-19-12(17)6-13(20-14)18-11-5-3-4-10(15)9(11)7-16/h3-6,8H,1-2H3,(H3,17,18,19,20). The van der Waals surface area contributed by atoms with Gasteiger partial charge in [0.1, 0.15) is 34.9 Å². The van der Waals surface area contributed by atoms with Crippen LogP contribution < -0.4 is 11.1 Å². The van der Waals surface area contributed by atoms with E-state index in [-0.39, 0.29) is 11.5 Å². The fourth-order valence-corrected chi connectivity index (χ4v) is 1.69. The summed E-state index contributed by atoms with van der Waals surface area (Å²) < 4.78 is 13.5. The quantitative estimate of drug-likeness (QED) is 0.896. The van der Waals surface area contributed by atoms with Crippen LogP contribution in [0, 0.1) is 17.1 Å². The summed E-state index contributed by atoms with van der Waals surface area (Å²) in [6, 6.07) is 7.72. The maximum absolute atomic E-state index is 13.5. The molecule has 3 N–H and O–H groups in total. The molecule has 1 aromatic carbocycles. The van der Waals surface area contributed by atoms with E-state index in [0.717, 1.165) is 0 Å². The molecule has 2 aromatic rings. The van der Waals surface area contributed by atoms with Crippen LogP contribution in [0.1, 0.15) is 31.2 Å². The number of hydrogen-bond donors (Lipinski definition) is 2. The molecular formula is C14H14FN5. The van der Waals surface area contributed by atoms with Gasteiger partial charge < -0.3 is 11.1 Å². The Morgan fingerprint density at radius 3 is 2.75 bits per heavy atom. The summed E-state index contributed by atoms with van der Waals surface area (Å²) in [5, 5.41) is 11.9. The third-order valence-electron chi connectivity index (χ3n) is 2.67. The number of anilines is 3. The Hall–Kier alpha value is -2.68. The van der Waals surface area contributed by atoms with Crippen LogP contribution in [-0.4, -0.2) is 9.97 Å². The first kappa shape index (κ1) is 13.7. The summed E-state index contributed by atoms with van der Waals surface area (Å²) in [6.45, 7) is 3.89. The van der Waals surface area contributed by atoms with Crippen LogP contribution in [0.15, 0.2) is 24.3 Å². The minimum Gasteiger partial charge on any atom is -0.384 e. The Balaban J connectivity index is 2.41. The molecule has 0 aliphatic carbocycles. The van der Waals surface area contributed by atoms with Gasteiger partial charge in [-0.15, -0.1) is 0 Å². The maximum atomic E-state index is 13.5. The van der Waals surface area contributed by atoms with Crippen molar-refractivity contribution in [1.82, 2.24) is 9.97 Å². The zero-order valence-electron chi connectivity index (χ0n) is 11.2. The Kier molecular flexibility index (Phi) is 3.80. The molecule has 0 atom stereocenters. The van der Waals surface area contributed by atoms with Gasteiger partial charge in [0.25, 0.3) is 0 Å². The van der Waals surface area contributed by atoms with Gasteiger partial charge in [-0.25, -0.2) is 14.4 Å². The average molecular weight is 271 g/mol. The minimum atomic E-state index is -0.580. The highest BCUT2D eigenvalue weighted by Crippen LogP contribution is 2.23. The first-order valence-corrected chi connectivity index (χ1v) is 6.11. The Labute approximate surface area is 116 Å². The van der Waals surface area contributed by atoms with Crippen LogP contribution >= 0.6 is 0 Å². The van der Waals surface area contributed by atoms with E-state index < -0.39 is 5.82 Å². The fourth-order valence-electron chi connectivity index (χ4n) is 1.69. The Bertz CT molecular complexity index is 676. The summed E-state index contributed by atoms with van der Waals surface area (Å²) in [4.78, 5) is 8.42. The van der Waals surface area contributed by atoms with Gasteiger partial charge in [0.2, 0.25) is 0 Å². The van der Waals surface area contributed by atoms with Crippen LogP contribution in [0.25, 0.3) is 0 Å². The molecule has 0 saturated carbocycles. The summed E-state index contributed by atoms with van der Waals surface area (Å²) in [7, 11) is 0. The maximum Gasteiger partial charge on any atom is 0.143 e. The van der Waals surface area contributed by atoms with Crippen molar-refractivity contribution in [3.05, 3.63) is 41.5 Å². The SMILES string of the molecule is CC(C)c1nc(N)cc(Nc2cccc(F)c2C#N)n1. The fraction of sp³-hybridized carbons (Fsp3) is 0.214. The number of hydrogen-bond acceptors (Lipinski definition) is 5.